The molecule has 64 valence electrons. The lowest BCUT2D eigenvalue weighted by Gasteiger charge is -2.22. The van der Waals surface area contributed by atoms with Crippen molar-refractivity contribution in [2.24, 2.45) is 11.8 Å². The average Bonchev–Trinajstić information content (AvgIpc) is 1.77. The average molecular weight is 162 g/mol. The molecule has 1 fully saturated rings. The third-order valence-electron chi connectivity index (χ3n) is 2.30. The Bertz CT molecular complexity index is 53.1. The summed E-state index contributed by atoms with van der Waals surface area (Å²) in [5.74, 6) is 2.04. The zero-order valence-electron chi connectivity index (χ0n) is 6.48. The van der Waals surface area contributed by atoms with Crippen molar-refractivity contribution in [3.8, 4) is 0 Å². The van der Waals surface area contributed by atoms with Crippen molar-refractivity contribution in [1.29, 1.82) is 0 Å². The first-order valence-electron chi connectivity index (χ1n) is 3.79. The molecule has 0 N–H and O–H groups in total. The summed E-state index contributed by atoms with van der Waals surface area (Å²) in [6.07, 6.45) is 5.89. The SMILES string of the molecule is C.CC1CCC(C)CC1.S. The Labute approximate surface area is 72.9 Å². The van der Waals surface area contributed by atoms with E-state index >= 15 is 0 Å². The highest BCUT2D eigenvalue weighted by Crippen LogP contribution is 2.27. The van der Waals surface area contributed by atoms with Crippen molar-refractivity contribution in [3.05, 3.63) is 0 Å². The zero-order chi connectivity index (χ0) is 5.98. The minimum atomic E-state index is 0. The highest BCUT2D eigenvalue weighted by Gasteiger charge is 2.13. The lowest BCUT2D eigenvalue weighted by atomic mass is 9.84. The quantitative estimate of drug-likeness (QED) is 0.511. The van der Waals surface area contributed by atoms with E-state index in [1.807, 2.05) is 0 Å². The second-order valence-electron chi connectivity index (χ2n) is 3.37. The van der Waals surface area contributed by atoms with Crippen LogP contribution in [0.1, 0.15) is 47.0 Å². The molecule has 0 heterocycles. The monoisotopic (exact) mass is 162 g/mol. The summed E-state index contributed by atoms with van der Waals surface area (Å²) in [7, 11) is 0. The summed E-state index contributed by atoms with van der Waals surface area (Å²) in [5, 5.41) is 0. The molecule has 0 aliphatic heterocycles. The van der Waals surface area contributed by atoms with Crippen LogP contribution < -0.4 is 0 Å². The molecule has 0 bridgehead atoms. The fourth-order valence-corrected chi connectivity index (χ4v) is 1.43. The molecule has 1 aliphatic carbocycles. The van der Waals surface area contributed by atoms with Gasteiger partial charge in [0.25, 0.3) is 0 Å². The molecule has 0 spiro atoms. The number of hydrogen-bond donors (Lipinski definition) is 0. The van der Waals surface area contributed by atoms with Gasteiger partial charge in [0.2, 0.25) is 0 Å². The Balaban J connectivity index is 0. The van der Waals surface area contributed by atoms with Crippen LogP contribution in [-0.2, 0) is 0 Å². The van der Waals surface area contributed by atoms with Gasteiger partial charge in [0.05, 0.1) is 0 Å². The van der Waals surface area contributed by atoms with Gasteiger partial charge in [0.15, 0.2) is 0 Å². The maximum Gasteiger partial charge on any atom is -0.0443 e. The molecule has 0 aromatic carbocycles. The van der Waals surface area contributed by atoms with Gasteiger partial charge in [-0.05, 0) is 11.8 Å². The van der Waals surface area contributed by atoms with Gasteiger partial charge in [-0.25, -0.2) is 0 Å². The second-order valence-corrected chi connectivity index (χ2v) is 3.37. The standard InChI is InChI=1S/C8H16.CH4.H2S/c1-7-3-5-8(2)6-4-7;;/h7-8H,3-6H2,1-2H3;1H4;1H2. The first-order valence-corrected chi connectivity index (χ1v) is 3.79. The predicted molar refractivity (Wildman–Crippen MR) is 53.9 cm³/mol. The molecule has 0 unspecified atom stereocenters. The molecule has 1 heteroatoms. The van der Waals surface area contributed by atoms with Crippen LogP contribution in [0.2, 0.25) is 0 Å². The highest BCUT2D eigenvalue weighted by atomic mass is 32.1. The first kappa shape index (κ1) is 13.0. The van der Waals surface area contributed by atoms with Crippen LogP contribution in [0.25, 0.3) is 0 Å². The van der Waals surface area contributed by atoms with Gasteiger partial charge in [0, 0.05) is 0 Å². The Morgan fingerprint density at radius 3 is 1.20 bits per heavy atom. The molecule has 0 nitrogen and oxygen atoms in total. The van der Waals surface area contributed by atoms with Gasteiger partial charge in [-0.3, -0.25) is 0 Å². The highest BCUT2D eigenvalue weighted by molar-refractivity contribution is 7.59. The minimum absolute atomic E-state index is 0. The molecular formula is C9H22S. The summed E-state index contributed by atoms with van der Waals surface area (Å²) in [5.41, 5.74) is 0. The van der Waals surface area contributed by atoms with E-state index in [1.165, 1.54) is 25.7 Å². The Kier molecular flexibility index (Phi) is 7.90. The van der Waals surface area contributed by atoms with Gasteiger partial charge in [-0.2, -0.15) is 13.5 Å². The molecule has 1 rings (SSSR count). The molecule has 0 amide bonds. The summed E-state index contributed by atoms with van der Waals surface area (Å²) >= 11 is 0. The summed E-state index contributed by atoms with van der Waals surface area (Å²) in [6, 6.07) is 0. The zero-order valence-corrected chi connectivity index (χ0v) is 7.48. The van der Waals surface area contributed by atoms with Crippen LogP contribution in [0.5, 0.6) is 0 Å². The number of rotatable bonds is 0. The van der Waals surface area contributed by atoms with Crippen LogP contribution in [0.3, 0.4) is 0 Å². The smallest absolute Gasteiger partial charge is 0.0443 e. The molecule has 0 saturated heterocycles. The largest absolute Gasteiger partial charge is 0.197 e. The first-order chi connectivity index (χ1) is 3.79. The van der Waals surface area contributed by atoms with Gasteiger partial charge in [0.1, 0.15) is 0 Å². The molecule has 0 radical (unpaired) electrons. The lowest BCUT2D eigenvalue weighted by molar-refractivity contribution is 0.308. The summed E-state index contributed by atoms with van der Waals surface area (Å²) in [4.78, 5) is 0. The van der Waals surface area contributed by atoms with E-state index in [4.69, 9.17) is 0 Å². The van der Waals surface area contributed by atoms with Crippen molar-refractivity contribution in [2.75, 3.05) is 0 Å². The van der Waals surface area contributed by atoms with Crippen LogP contribution >= 0.6 is 13.5 Å². The predicted octanol–water partition coefficient (Wildman–Crippen LogP) is 3.58. The van der Waals surface area contributed by atoms with Crippen molar-refractivity contribution in [1.82, 2.24) is 0 Å². The topological polar surface area (TPSA) is 0 Å². The third kappa shape index (κ3) is 4.21. The van der Waals surface area contributed by atoms with E-state index < -0.39 is 0 Å². The van der Waals surface area contributed by atoms with Gasteiger partial charge < -0.3 is 0 Å². The Morgan fingerprint density at radius 2 is 1.00 bits per heavy atom. The molecule has 0 aromatic rings. The Hall–Kier alpha value is 0.350. The van der Waals surface area contributed by atoms with Gasteiger partial charge in [-0.15, -0.1) is 0 Å². The molecule has 10 heavy (non-hydrogen) atoms. The van der Waals surface area contributed by atoms with E-state index in [1.54, 1.807) is 0 Å². The molecule has 0 atom stereocenters. The maximum atomic E-state index is 2.37. The van der Waals surface area contributed by atoms with E-state index in [0.717, 1.165) is 11.8 Å². The van der Waals surface area contributed by atoms with Crippen LogP contribution in [-0.4, -0.2) is 0 Å². The summed E-state index contributed by atoms with van der Waals surface area (Å²) in [6.45, 7) is 4.73. The molecule has 1 saturated carbocycles. The molecule has 1 aliphatic rings. The molecule has 0 aromatic heterocycles. The van der Waals surface area contributed by atoms with Gasteiger partial charge >= 0.3 is 0 Å². The fraction of sp³-hybridized carbons (Fsp3) is 1.00. The van der Waals surface area contributed by atoms with Crippen molar-refractivity contribution in [3.63, 3.8) is 0 Å². The van der Waals surface area contributed by atoms with E-state index in [0.29, 0.717) is 0 Å². The van der Waals surface area contributed by atoms with Crippen molar-refractivity contribution < 1.29 is 0 Å². The van der Waals surface area contributed by atoms with E-state index in [9.17, 15) is 0 Å². The minimum Gasteiger partial charge on any atom is -0.197 e. The van der Waals surface area contributed by atoms with Gasteiger partial charge in [-0.1, -0.05) is 47.0 Å². The van der Waals surface area contributed by atoms with Crippen LogP contribution in [0.15, 0.2) is 0 Å². The van der Waals surface area contributed by atoms with E-state index in [-0.39, 0.29) is 20.9 Å². The second kappa shape index (κ2) is 6.09. The number of hydrogen-bond acceptors (Lipinski definition) is 0. The normalized spacial score (nSPS) is 31.8. The maximum absolute atomic E-state index is 2.37. The van der Waals surface area contributed by atoms with Crippen molar-refractivity contribution in [2.45, 2.75) is 47.0 Å². The third-order valence-corrected chi connectivity index (χ3v) is 2.30. The Morgan fingerprint density at radius 1 is 0.800 bits per heavy atom. The van der Waals surface area contributed by atoms with Crippen molar-refractivity contribution >= 4 is 13.5 Å². The molecular weight excluding hydrogens is 140 g/mol. The van der Waals surface area contributed by atoms with Crippen LogP contribution in [0.4, 0.5) is 0 Å². The lowest BCUT2D eigenvalue weighted by Crippen LogP contribution is -2.08. The van der Waals surface area contributed by atoms with Crippen LogP contribution in [0, 0.1) is 11.8 Å². The fourth-order valence-electron chi connectivity index (χ4n) is 1.43. The summed E-state index contributed by atoms with van der Waals surface area (Å²) < 4.78 is 0. The van der Waals surface area contributed by atoms with E-state index in [2.05, 4.69) is 13.8 Å².